The molecule has 0 atom stereocenters. The summed E-state index contributed by atoms with van der Waals surface area (Å²) in [4.78, 5) is 17.4. The molecule has 3 aromatic rings. The Labute approximate surface area is 201 Å². The van der Waals surface area contributed by atoms with Crippen LogP contribution in [0.4, 0.5) is 5.69 Å². The first-order valence-corrected chi connectivity index (χ1v) is 12.8. The van der Waals surface area contributed by atoms with Gasteiger partial charge in [0.25, 0.3) is 10.0 Å². The van der Waals surface area contributed by atoms with Crippen LogP contribution in [0.3, 0.4) is 0 Å². The topological polar surface area (TPSA) is 99.9 Å². The van der Waals surface area contributed by atoms with Crippen molar-refractivity contribution >= 4 is 44.1 Å². The van der Waals surface area contributed by atoms with Crippen molar-refractivity contribution in [2.45, 2.75) is 35.5 Å². The first-order chi connectivity index (χ1) is 15.0. The number of ketones is 1. The highest BCUT2D eigenvalue weighted by molar-refractivity contribution is 14.1. The van der Waals surface area contributed by atoms with E-state index in [2.05, 4.69) is 53.1 Å². The fourth-order valence-corrected chi connectivity index (χ4v) is 4.52. The Morgan fingerprint density at radius 2 is 1.81 bits per heavy atom. The minimum Gasteiger partial charge on any atom is -0.287 e. The predicted octanol–water partition coefficient (Wildman–Crippen LogP) is 5.22. The van der Waals surface area contributed by atoms with Crippen molar-refractivity contribution in [3.8, 4) is 6.07 Å². The fourth-order valence-electron chi connectivity index (χ4n) is 3.04. The minimum atomic E-state index is -3.95. The van der Waals surface area contributed by atoms with Crippen LogP contribution in [0.1, 0.15) is 53.5 Å². The maximum Gasteiger partial charge on any atom is 0.261 e. The molecule has 6 nitrogen and oxygen atoms in total. The standard InChI is InChI=1S/C24H22IN3O3S/c1-24(2,3)19-7-9-20(10-8-19)32(30,31)28-21-12-17(13-25)15-27-22(21)23(29)18-6-4-5-16(11-18)14-26/h4-12,15,28H,13H2,1-3H3. The number of hydrogen-bond donors (Lipinski definition) is 1. The van der Waals surface area contributed by atoms with Gasteiger partial charge in [0, 0.05) is 16.2 Å². The highest BCUT2D eigenvalue weighted by Crippen LogP contribution is 2.26. The van der Waals surface area contributed by atoms with Gasteiger partial charge in [0.05, 0.1) is 22.2 Å². The molecule has 0 aliphatic heterocycles. The second-order valence-electron chi connectivity index (χ2n) is 8.27. The summed E-state index contributed by atoms with van der Waals surface area (Å²) in [5, 5.41) is 9.12. The summed E-state index contributed by atoms with van der Waals surface area (Å²) in [5.41, 5.74) is 2.35. The normalized spacial score (nSPS) is 11.6. The van der Waals surface area contributed by atoms with Crippen LogP contribution in [0.5, 0.6) is 0 Å². The largest absolute Gasteiger partial charge is 0.287 e. The number of aromatic nitrogens is 1. The van der Waals surface area contributed by atoms with Gasteiger partial charge in [0.2, 0.25) is 5.78 Å². The molecular formula is C24H22IN3O3S. The SMILES string of the molecule is CC(C)(C)c1ccc(S(=O)(=O)Nc2cc(CI)cnc2C(=O)c2cccc(C#N)c2)cc1. The molecule has 0 amide bonds. The van der Waals surface area contributed by atoms with Gasteiger partial charge in [-0.3, -0.25) is 14.5 Å². The maximum atomic E-state index is 13.1. The molecule has 0 spiro atoms. The second-order valence-corrected chi connectivity index (χ2v) is 10.7. The molecule has 0 radical (unpaired) electrons. The van der Waals surface area contributed by atoms with Crippen molar-refractivity contribution in [1.29, 1.82) is 5.26 Å². The summed E-state index contributed by atoms with van der Waals surface area (Å²) in [6, 6.07) is 16.5. The van der Waals surface area contributed by atoms with Gasteiger partial charge in [0.1, 0.15) is 5.69 Å². The highest BCUT2D eigenvalue weighted by atomic mass is 127. The lowest BCUT2D eigenvalue weighted by atomic mass is 9.87. The van der Waals surface area contributed by atoms with Crippen molar-refractivity contribution < 1.29 is 13.2 Å². The summed E-state index contributed by atoms with van der Waals surface area (Å²) in [6.45, 7) is 6.15. The van der Waals surface area contributed by atoms with Gasteiger partial charge in [-0.1, -0.05) is 67.6 Å². The van der Waals surface area contributed by atoms with Gasteiger partial charge >= 0.3 is 0 Å². The number of carbonyl (C=O) groups is 1. The molecular weight excluding hydrogens is 537 g/mol. The quantitative estimate of drug-likeness (QED) is 0.254. The Bertz CT molecular complexity index is 1310. The van der Waals surface area contributed by atoms with Crippen molar-refractivity contribution in [3.05, 3.63) is 88.7 Å². The van der Waals surface area contributed by atoms with Crippen LogP contribution in [0, 0.1) is 11.3 Å². The van der Waals surface area contributed by atoms with E-state index in [9.17, 15) is 13.2 Å². The van der Waals surface area contributed by atoms with E-state index in [1.54, 1.807) is 54.7 Å². The van der Waals surface area contributed by atoms with E-state index in [0.29, 0.717) is 9.99 Å². The summed E-state index contributed by atoms with van der Waals surface area (Å²) >= 11 is 2.14. The van der Waals surface area contributed by atoms with E-state index in [0.717, 1.165) is 11.1 Å². The molecule has 0 unspecified atom stereocenters. The molecule has 1 aromatic heterocycles. The molecule has 0 saturated carbocycles. The first kappa shape index (κ1) is 23.9. The lowest BCUT2D eigenvalue weighted by molar-refractivity contribution is 0.103. The van der Waals surface area contributed by atoms with Gasteiger partial charge in [-0.05, 0) is 46.9 Å². The van der Waals surface area contributed by atoms with E-state index in [1.807, 2.05) is 6.07 Å². The highest BCUT2D eigenvalue weighted by Gasteiger charge is 2.22. The first-order valence-electron chi connectivity index (χ1n) is 9.78. The number of hydrogen-bond acceptors (Lipinski definition) is 5. The van der Waals surface area contributed by atoms with Gasteiger partial charge in [-0.25, -0.2) is 8.42 Å². The Balaban J connectivity index is 2.01. The van der Waals surface area contributed by atoms with Gasteiger partial charge < -0.3 is 0 Å². The Morgan fingerprint density at radius 3 is 2.41 bits per heavy atom. The van der Waals surface area contributed by atoms with E-state index >= 15 is 0 Å². The Morgan fingerprint density at radius 1 is 1.12 bits per heavy atom. The van der Waals surface area contributed by atoms with E-state index < -0.39 is 15.8 Å². The smallest absolute Gasteiger partial charge is 0.261 e. The molecule has 2 aromatic carbocycles. The van der Waals surface area contributed by atoms with Crippen LogP contribution in [0.15, 0.2) is 65.7 Å². The van der Waals surface area contributed by atoms with Crippen LogP contribution >= 0.6 is 22.6 Å². The number of carbonyl (C=O) groups excluding carboxylic acids is 1. The molecule has 164 valence electrons. The van der Waals surface area contributed by atoms with Gasteiger partial charge in [-0.2, -0.15) is 5.26 Å². The average Bonchev–Trinajstić information content (AvgIpc) is 2.78. The molecule has 32 heavy (non-hydrogen) atoms. The lowest BCUT2D eigenvalue weighted by Gasteiger charge is -2.19. The van der Waals surface area contributed by atoms with Gasteiger partial charge in [0.15, 0.2) is 0 Å². The molecule has 3 rings (SSSR count). The van der Waals surface area contributed by atoms with Crippen LogP contribution in [-0.2, 0) is 19.9 Å². The number of anilines is 1. The van der Waals surface area contributed by atoms with Crippen molar-refractivity contribution in [2.75, 3.05) is 4.72 Å². The minimum absolute atomic E-state index is 0.0245. The van der Waals surface area contributed by atoms with Crippen LogP contribution < -0.4 is 4.72 Å². The zero-order valence-electron chi connectivity index (χ0n) is 17.9. The fraction of sp³-hybridized carbons (Fsp3) is 0.208. The third-order valence-electron chi connectivity index (χ3n) is 4.84. The summed E-state index contributed by atoms with van der Waals surface area (Å²) in [6.07, 6.45) is 1.55. The summed E-state index contributed by atoms with van der Waals surface area (Å²) in [5.74, 6) is -0.470. The van der Waals surface area contributed by atoms with Crippen LogP contribution in [0.2, 0.25) is 0 Å². The number of sulfonamides is 1. The molecule has 1 N–H and O–H groups in total. The Hall–Kier alpha value is -2.77. The Kier molecular flexibility index (Phi) is 7.00. The zero-order valence-corrected chi connectivity index (χ0v) is 20.9. The van der Waals surface area contributed by atoms with Crippen LogP contribution in [0.25, 0.3) is 0 Å². The molecule has 1 heterocycles. The third kappa shape index (κ3) is 5.34. The molecule has 0 aliphatic carbocycles. The third-order valence-corrected chi connectivity index (χ3v) is 7.10. The van der Waals surface area contributed by atoms with E-state index in [-0.39, 0.29) is 27.3 Å². The van der Waals surface area contributed by atoms with E-state index in [1.165, 1.54) is 6.07 Å². The molecule has 0 bridgehead atoms. The van der Waals surface area contributed by atoms with Gasteiger partial charge in [-0.15, -0.1) is 0 Å². The molecule has 0 aliphatic rings. The van der Waals surface area contributed by atoms with Crippen molar-refractivity contribution in [3.63, 3.8) is 0 Å². The number of nitrogens with one attached hydrogen (secondary N) is 1. The zero-order chi connectivity index (χ0) is 23.5. The van der Waals surface area contributed by atoms with E-state index in [4.69, 9.17) is 5.26 Å². The number of halogens is 1. The maximum absolute atomic E-state index is 13.1. The van der Waals surface area contributed by atoms with Crippen molar-refractivity contribution in [1.82, 2.24) is 4.98 Å². The molecule has 0 fully saturated rings. The summed E-state index contributed by atoms with van der Waals surface area (Å²) in [7, 11) is -3.95. The molecule has 0 saturated heterocycles. The summed E-state index contributed by atoms with van der Waals surface area (Å²) < 4.78 is 29.3. The number of alkyl halides is 1. The average molecular weight is 559 g/mol. The monoisotopic (exact) mass is 559 g/mol. The number of rotatable bonds is 6. The number of nitriles is 1. The number of pyridine rings is 1. The van der Waals surface area contributed by atoms with Crippen LogP contribution in [-0.4, -0.2) is 19.2 Å². The molecule has 8 heteroatoms. The van der Waals surface area contributed by atoms with Crippen molar-refractivity contribution in [2.24, 2.45) is 0 Å². The number of nitrogens with zero attached hydrogens (tertiary/aromatic N) is 2. The second kappa shape index (κ2) is 9.38. The lowest BCUT2D eigenvalue weighted by Crippen LogP contribution is -2.18. The predicted molar refractivity (Wildman–Crippen MR) is 133 cm³/mol. The number of benzene rings is 2.